The molecule has 1 aliphatic carbocycles. The quantitative estimate of drug-likeness (QED) is 0.838. The first kappa shape index (κ1) is 13.9. The molecule has 0 aromatic carbocycles. The van der Waals surface area contributed by atoms with Crippen molar-refractivity contribution < 1.29 is 0 Å². The van der Waals surface area contributed by atoms with Crippen LogP contribution in [0.25, 0.3) is 0 Å². The molecule has 0 aromatic rings. The van der Waals surface area contributed by atoms with Gasteiger partial charge in [-0.2, -0.15) is 0 Å². The van der Waals surface area contributed by atoms with E-state index in [1.54, 1.807) is 0 Å². The van der Waals surface area contributed by atoms with Crippen molar-refractivity contribution >= 4 is 0 Å². The van der Waals surface area contributed by atoms with Crippen LogP contribution < -0.4 is 5.32 Å². The van der Waals surface area contributed by atoms with E-state index in [1.165, 1.54) is 64.5 Å². The Hall–Kier alpha value is -0.0800. The lowest BCUT2D eigenvalue weighted by Gasteiger charge is -2.36. The number of nitrogens with one attached hydrogen (secondary N) is 1. The van der Waals surface area contributed by atoms with E-state index in [2.05, 4.69) is 24.2 Å². The lowest BCUT2D eigenvalue weighted by atomic mass is 9.82. The molecule has 1 N–H and O–H groups in total. The smallest absolute Gasteiger partial charge is 0.00988 e. The fourth-order valence-corrected chi connectivity index (χ4v) is 4.93. The van der Waals surface area contributed by atoms with Gasteiger partial charge in [0, 0.05) is 12.1 Å². The van der Waals surface area contributed by atoms with Gasteiger partial charge in [-0.1, -0.05) is 19.8 Å². The van der Waals surface area contributed by atoms with E-state index in [-0.39, 0.29) is 0 Å². The van der Waals surface area contributed by atoms with Crippen LogP contribution in [0, 0.1) is 17.8 Å². The first-order valence-corrected chi connectivity index (χ1v) is 8.65. The maximum absolute atomic E-state index is 3.81. The number of hydrogen-bond donors (Lipinski definition) is 1. The monoisotopic (exact) mass is 264 g/mol. The van der Waals surface area contributed by atoms with E-state index >= 15 is 0 Å². The molecular weight excluding hydrogens is 232 g/mol. The molecule has 0 spiro atoms. The highest BCUT2D eigenvalue weighted by atomic mass is 15.2. The summed E-state index contributed by atoms with van der Waals surface area (Å²) >= 11 is 0. The summed E-state index contributed by atoms with van der Waals surface area (Å²) in [6.07, 6.45) is 11.7. The second-order valence-electron chi connectivity index (χ2n) is 7.68. The van der Waals surface area contributed by atoms with Gasteiger partial charge >= 0.3 is 0 Å². The van der Waals surface area contributed by atoms with E-state index in [0.717, 1.165) is 29.8 Å². The molecule has 19 heavy (non-hydrogen) atoms. The van der Waals surface area contributed by atoms with Crippen LogP contribution in [-0.4, -0.2) is 37.1 Å². The highest BCUT2D eigenvalue weighted by molar-refractivity contribution is 4.93. The summed E-state index contributed by atoms with van der Waals surface area (Å²) in [5, 5.41) is 3.81. The normalized spacial score (nSPS) is 43.6. The van der Waals surface area contributed by atoms with E-state index in [0.29, 0.717) is 0 Å². The molecule has 2 heteroatoms. The van der Waals surface area contributed by atoms with E-state index < -0.39 is 0 Å². The van der Waals surface area contributed by atoms with Crippen molar-refractivity contribution in [3.05, 3.63) is 0 Å². The van der Waals surface area contributed by atoms with Gasteiger partial charge in [0.2, 0.25) is 0 Å². The molecule has 2 nitrogen and oxygen atoms in total. The first-order valence-electron chi connectivity index (χ1n) is 8.65. The van der Waals surface area contributed by atoms with Crippen LogP contribution in [0.3, 0.4) is 0 Å². The first-order chi connectivity index (χ1) is 9.22. The zero-order valence-corrected chi connectivity index (χ0v) is 12.9. The summed E-state index contributed by atoms with van der Waals surface area (Å²) in [7, 11) is 2.34. The fraction of sp³-hybridized carbons (Fsp3) is 1.00. The van der Waals surface area contributed by atoms with Crippen LogP contribution in [0.2, 0.25) is 0 Å². The lowest BCUT2D eigenvalue weighted by molar-refractivity contribution is 0.131. The third kappa shape index (κ3) is 3.33. The van der Waals surface area contributed by atoms with Gasteiger partial charge in [0.1, 0.15) is 0 Å². The van der Waals surface area contributed by atoms with Crippen LogP contribution in [0.4, 0.5) is 0 Å². The Morgan fingerprint density at radius 1 is 0.895 bits per heavy atom. The molecule has 2 aliphatic heterocycles. The molecule has 0 aromatic heterocycles. The zero-order valence-electron chi connectivity index (χ0n) is 12.9. The molecule has 2 bridgehead atoms. The molecule has 2 saturated heterocycles. The van der Waals surface area contributed by atoms with Crippen LogP contribution in [0.5, 0.6) is 0 Å². The average Bonchev–Trinajstić information content (AvgIpc) is 2.63. The second kappa shape index (κ2) is 6.13. The largest absolute Gasteiger partial charge is 0.316 e. The van der Waals surface area contributed by atoms with Crippen LogP contribution in [0.1, 0.15) is 58.3 Å². The Balaban J connectivity index is 1.37. The minimum absolute atomic E-state index is 0.903. The molecule has 110 valence electrons. The SMILES string of the molecule is CC1CCCC(CNCC2CC3CCC(C2)N3C)C1. The summed E-state index contributed by atoms with van der Waals surface area (Å²) in [5.74, 6) is 2.89. The molecule has 3 fully saturated rings. The lowest BCUT2D eigenvalue weighted by Crippen LogP contribution is -2.43. The molecule has 4 atom stereocenters. The predicted octanol–water partition coefficient (Wildman–Crippen LogP) is 3.28. The van der Waals surface area contributed by atoms with Crippen LogP contribution >= 0.6 is 0 Å². The minimum Gasteiger partial charge on any atom is -0.316 e. The second-order valence-corrected chi connectivity index (χ2v) is 7.68. The van der Waals surface area contributed by atoms with Crippen LogP contribution in [-0.2, 0) is 0 Å². The van der Waals surface area contributed by atoms with Crippen molar-refractivity contribution in [3.8, 4) is 0 Å². The van der Waals surface area contributed by atoms with Crippen molar-refractivity contribution in [2.24, 2.45) is 17.8 Å². The summed E-state index contributed by atoms with van der Waals surface area (Å²) in [4.78, 5) is 2.65. The van der Waals surface area contributed by atoms with Crippen molar-refractivity contribution in [3.63, 3.8) is 0 Å². The number of piperidine rings is 1. The fourth-order valence-electron chi connectivity index (χ4n) is 4.93. The van der Waals surface area contributed by atoms with Crippen molar-refractivity contribution in [1.29, 1.82) is 0 Å². The van der Waals surface area contributed by atoms with Crippen molar-refractivity contribution in [2.45, 2.75) is 70.4 Å². The van der Waals surface area contributed by atoms with Gasteiger partial charge in [-0.25, -0.2) is 0 Å². The molecule has 0 radical (unpaired) electrons. The van der Waals surface area contributed by atoms with Crippen LogP contribution in [0.15, 0.2) is 0 Å². The summed E-state index contributed by atoms with van der Waals surface area (Å²) in [6, 6.07) is 1.81. The molecule has 3 rings (SSSR count). The van der Waals surface area contributed by atoms with Gasteiger partial charge in [-0.15, -0.1) is 0 Å². The summed E-state index contributed by atoms with van der Waals surface area (Å²) in [6.45, 7) is 5.00. The highest BCUT2D eigenvalue weighted by Gasteiger charge is 2.38. The van der Waals surface area contributed by atoms with Crippen molar-refractivity contribution in [2.75, 3.05) is 20.1 Å². The summed E-state index contributed by atoms with van der Waals surface area (Å²) < 4.78 is 0. The van der Waals surface area contributed by atoms with Gasteiger partial charge in [0.15, 0.2) is 0 Å². The Bertz CT molecular complexity index is 277. The van der Waals surface area contributed by atoms with Gasteiger partial charge in [-0.05, 0) is 76.4 Å². The maximum atomic E-state index is 3.81. The standard InChI is InChI=1S/C17H32N2/c1-13-4-3-5-14(8-13)11-18-12-15-9-16-6-7-17(10-15)19(16)2/h13-18H,3-12H2,1-2H3. The predicted molar refractivity (Wildman–Crippen MR) is 81.3 cm³/mol. The molecule has 0 amide bonds. The Kier molecular flexibility index (Phi) is 4.48. The van der Waals surface area contributed by atoms with Gasteiger partial charge in [-0.3, -0.25) is 0 Å². The highest BCUT2D eigenvalue weighted by Crippen LogP contribution is 2.37. The van der Waals surface area contributed by atoms with Gasteiger partial charge in [0.05, 0.1) is 0 Å². The number of rotatable bonds is 4. The van der Waals surface area contributed by atoms with Gasteiger partial charge < -0.3 is 10.2 Å². The Morgan fingerprint density at radius 3 is 2.26 bits per heavy atom. The summed E-state index contributed by atoms with van der Waals surface area (Å²) in [5.41, 5.74) is 0. The van der Waals surface area contributed by atoms with Crippen molar-refractivity contribution in [1.82, 2.24) is 10.2 Å². The number of nitrogens with zero attached hydrogens (tertiary/aromatic N) is 1. The van der Waals surface area contributed by atoms with E-state index in [9.17, 15) is 0 Å². The van der Waals surface area contributed by atoms with Gasteiger partial charge in [0.25, 0.3) is 0 Å². The molecular formula is C17H32N2. The molecule has 4 unspecified atom stereocenters. The Labute approximate surface area is 119 Å². The maximum Gasteiger partial charge on any atom is 0.00988 e. The van der Waals surface area contributed by atoms with E-state index in [4.69, 9.17) is 0 Å². The Morgan fingerprint density at radius 2 is 1.58 bits per heavy atom. The third-order valence-corrected chi connectivity index (χ3v) is 6.11. The number of fused-ring (bicyclic) bond motifs is 2. The minimum atomic E-state index is 0.903. The molecule has 2 heterocycles. The number of hydrogen-bond acceptors (Lipinski definition) is 2. The molecule has 3 aliphatic rings. The topological polar surface area (TPSA) is 15.3 Å². The zero-order chi connectivity index (χ0) is 13.2. The average molecular weight is 264 g/mol. The van der Waals surface area contributed by atoms with E-state index in [1.807, 2.05) is 0 Å². The third-order valence-electron chi connectivity index (χ3n) is 6.11. The molecule has 1 saturated carbocycles.